The predicted molar refractivity (Wildman–Crippen MR) is 80.7 cm³/mol. The third-order valence-electron chi connectivity index (χ3n) is 2.72. The Bertz CT molecular complexity index is 480. The van der Waals surface area contributed by atoms with Crippen LogP contribution in [0.1, 0.15) is 25.8 Å². The van der Waals surface area contributed by atoms with Crippen LogP contribution in [-0.4, -0.2) is 27.3 Å². The summed E-state index contributed by atoms with van der Waals surface area (Å²) in [5, 5.41) is 0. The minimum absolute atomic E-state index is 0.256. The number of hydrogen-bond acceptors (Lipinski definition) is 5. The molecule has 0 aliphatic carbocycles. The average Bonchev–Trinajstić information content (AvgIpc) is 2.45. The van der Waals surface area contributed by atoms with Crippen LogP contribution in [0.3, 0.4) is 0 Å². The van der Waals surface area contributed by atoms with E-state index in [9.17, 15) is 4.79 Å². The SMILES string of the molecule is COc1cc(C=COC(=O)CC(C)C)cc(OC)c1OC. The summed E-state index contributed by atoms with van der Waals surface area (Å²) in [7, 11) is 4.64. The molecule has 0 saturated carbocycles. The van der Waals surface area contributed by atoms with E-state index in [1.807, 2.05) is 13.8 Å². The van der Waals surface area contributed by atoms with E-state index in [2.05, 4.69) is 0 Å². The number of rotatable bonds is 7. The Morgan fingerprint density at radius 1 is 1.10 bits per heavy atom. The van der Waals surface area contributed by atoms with Crippen LogP contribution in [0.25, 0.3) is 6.08 Å². The quantitative estimate of drug-likeness (QED) is 0.570. The second kappa shape index (κ2) is 8.19. The lowest BCUT2D eigenvalue weighted by molar-refractivity contribution is -0.138. The third kappa shape index (κ3) is 5.02. The van der Waals surface area contributed by atoms with E-state index in [1.54, 1.807) is 39.5 Å². The first kappa shape index (κ1) is 16.9. The highest BCUT2D eigenvalue weighted by Crippen LogP contribution is 2.38. The molecule has 1 rings (SSSR count). The Morgan fingerprint density at radius 2 is 1.67 bits per heavy atom. The minimum atomic E-state index is -0.256. The van der Waals surface area contributed by atoms with Gasteiger partial charge < -0.3 is 18.9 Å². The fourth-order valence-electron chi connectivity index (χ4n) is 1.77. The van der Waals surface area contributed by atoms with Gasteiger partial charge in [0.1, 0.15) is 0 Å². The molecule has 0 aliphatic rings. The van der Waals surface area contributed by atoms with Crippen molar-refractivity contribution in [1.29, 1.82) is 0 Å². The van der Waals surface area contributed by atoms with Crippen LogP contribution in [0.2, 0.25) is 0 Å². The third-order valence-corrected chi connectivity index (χ3v) is 2.72. The molecule has 1 aromatic rings. The Kier molecular flexibility index (Phi) is 6.59. The topological polar surface area (TPSA) is 54.0 Å². The highest BCUT2D eigenvalue weighted by molar-refractivity contribution is 5.71. The molecule has 0 spiro atoms. The maximum Gasteiger partial charge on any atom is 0.310 e. The Labute approximate surface area is 125 Å². The fraction of sp³-hybridized carbons (Fsp3) is 0.438. The highest BCUT2D eigenvalue weighted by atomic mass is 16.5. The van der Waals surface area contributed by atoms with Gasteiger partial charge in [-0.2, -0.15) is 0 Å². The van der Waals surface area contributed by atoms with Crippen LogP contribution in [0.4, 0.5) is 0 Å². The molecule has 0 aliphatic heterocycles. The number of methoxy groups -OCH3 is 3. The summed E-state index contributed by atoms with van der Waals surface area (Å²) in [6.07, 6.45) is 3.42. The molecule has 0 aromatic heterocycles. The number of esters is 1. The van der Waals surface area contributed by atoms with Crippen LogP contribution in [0.15, 0.2) is 18.4 Å². The van der Waals surface area contributed by atoms with Gasteiger partial charge >= 0.3 is 5.97 Å². The number of carbonyl (C=O) groups is 1. The van der Waals surface area contributed by atoms with Crippen molar-refractivity contribution in [3.8, 4) is 17.2 Å². The molecule has 5 heteroatoms. The van der Waals surface area contributed by atoms with Crippen LogP contribution in [0.5, 0.6) is 17.2 Å². The second-order valence-corrected chi connectivity index (χ2v) is 4.85. The van der Waals surface area contributed by atoms with Crippen molar-refractivity contribution in [1.82, 2.24) is 0 Å². The van der Waals surface area contributed by atoms with Crippen molar-refractivity contribution >= 4 is 12.0 Å². The molecule has 0 fully saturated rings. The van der Waals surface area contributed by atoms with Gasteiger partial charge in [-0.3, -0.25) is 4.79 Å². The van der Waals surface area contributed by atoms with E-state index in [1.165, 1.54) is 6.26 Å². The summed E-state index contributed by atoms with van der Waals surface area (Å²) in [6, 6.07) is 3.54. The first-order valence-electron chi connectivity index (χ1n) is 6.67. The molecule has 0 heterocycles. The lowest BCUT2D eigenvalue weighted by Gasteiger charge is -2.12. The number of carbonyl (C=O) groups excluding carboxylic acids is 1. The lowest BCUT2D eigenvalue weighted by Crippen LogP contribution is -2.03. The largest absolute Gasteiger partial charge is 0.493 e. The number of hydrogen-bond donors (Lipinski definition) is 0. The second-order valence-electron chi connectivity index (χ2n) is 4.85. The normalized spacial score (nSPS) is 10.8. The maximum atomic E-state index is 11.4. The van der Waals surface area contributed by atoms with E-state index in [0.717, 1.165) is 5.56 Å². The molecule has 0 bridgehead atoms. The van der Waals surface area contributed by atoms with Gasteiger partial charge in [-0.1, -0.05) is 13.8 Å². The summed E-state index contributed by atoms with van der Waals surface area (Å²) >= 11 is 0. The monoisotopic (exact) mass is 294 g/mol. The van der Waals surface area contributed by atoms with Crippen molar-refractivity contribution in [2.45, 2.75) is 20.3 Å². The summed E-state index contributed by atoms with van der Waals surface area (Å²) in [6.45, 7) is 3.92. The van der Waals surface area contributed by atoms with Gasteiger partial charge in [0.25, 0.3) is 0 Å². The molecule has 1 aromatic carbocycles. The van der Waals surface area contributed by atoms with Crippen molar-refractivity contribution in [2.24, 2.45) is 5.92 Å². The molecule has 116 valence electrons. The standard InChI is InChI=1S/C16H22O5/c1-11(2)8-15(17)21-7-6-12-9-13(18-3)16(20-5)14(10-12)19-4/h6-7,9-11H,8H2,1-5H3. The molecular weight excluding hydrogens is 272 g/mol. The molecule has 21 heavy (non-hydrogen) atoms. The highest BCUT2D eigenvalue weighted by Gasteiger charge is 2.12. The summed E-state index contributed by atoms with van der Waals surface area (Å²) in [5.41, 5.74) is 0.779. The summed E-state index contributed by atoms with van der Waals surface area (Å²) in [5.74, 6) is 1.63. The first-order chi connectivity index (χ1) is 10.0. The molecule has 0 unspecified atom stereocenters. The lowest BCUT2D eigenvalue weighted by atomic mass is 10.1. The molecule has 0 radical (unpaired) electrons. The smallest absolute Gasteiger partial charge is 0.310 e. The maximum absolute atomic E-state index is 11.4. The van der Waals surface area contributed by atoms with Crippen LogP contribution < -0.4 is 14.2 Å². The summed E-state index contributed by atoms with van der Waals surface area (Å²) in [4.78, 5) is 11.4. The molecule has 0 N–H and O–H groups in total. The van der Waals surface area contributed by atoms with E-state index < -0.39 is 0 Å². The van der Waals surface area contributed by atoms with Crippen molar-refractivity contribution in [3.05, 3.63) is 24.0 Å². The number of benzene rings is 1. The van der Waals surface area contributed by atoms with E-state index in [0.29, 0.717) is 23.7 Å². The molecule has 0 saturated heterocycles. The zero-order valence-electron chi connectivity index (χ0n) is 13.1. The average molecular weight is 294 g/mol. The fourth-order valence-corrected chi connectivity index (χ4v) is 1.77. The first-order valence-corrected chi connectivity index (χ1v) is 6.67. The van der Waals surface area contributed by atoms with Crippen molar-refractivity contribution in [3.63, 3.8) is 0 Å². The van der Waals surface area contributed by atoms with Crippen LogP contribution in [0, 0.1) is 5.92 Å². The summed E-state index contributed by atoms with van der Waals surface area (Å²) < 4.78 is 20.8. The van der Waals surface area contributed by atoms with E-state index in [-0.39, 0.29) is 11.9 Å². The van der Waals surface area contributed by atoms with E-state index >= 15 is 0 Å². The van der Waals surface area contributed by atoms with Crippen LogP contribution >= 0.6 is 0 Å². The Morgan fingerprint density at radius 3 is 2.10 bits per heavy atom. The van der Waals surface area contributed by atoms with Gasteiger partial charge in [-0.25, -0.2) is 0 Å². The Balaban J connectivity index is 2.86. The molecule has 0 amide bonds. The minimum Gasteiger partial charge on any atom is -0.493 e. The van der Waals surface area contributed by atoms with Crippen molar-refractivity contribution < 1.29 is 23.7 Å². The van der Waals surface area contributed by atoms with Crippen molar-refractivity contribution in [2.75, 3.05) is 21.3 Å². The molecular formula is C16H22O5. The van der Waals surface area contributed by atoms with Gasteiger partial charge in [-0.05, 0) is 29.7 Å². The van der Waals surface area contributed by atoms with E-state index in [4.69, 9.17) is 18.9 Å². The zero-order valence-corrected chi connectivity index (χ0v) is 13.1. The van der Waals surface area contributed by atoms with Gasteiger partial charge in [0, 0.05) is 6.42 Å². The predicted octanol–water partition coefficient (Wildman–Crippen LogP) is 3.27. The van der Waals surface area contributed by atoms with Gasteiger partial charge in [0.2, 0.25) is 5.75 Å². The molecule has 5 nitrogen and oxygen atoms in total. The number of ether oxygens (including phenoxy) is 4. The molecule has 0 atom stereocenters. The Hall–Kier alpha value is -2.17. The van der Waals surface area contributed by atoms with Gasteiger partial charge in [0.15, 0.2) is 11.5 Å². The van der Waals surface area contributed by atoms with Gasteiger partial charge in [-0.15, -0.1) is 0 Å². The van der Waals surface area contributed by atoms with Crippen LogP contribution in [-0.2, 0) is 9.53 Å². The zero-order chi connectivity index (χ0) is 15.8. The van der Waals surface area contributed by atoms with Gasteiger partial charge in [0.05, 0.1) is 27.6 Å².